The molecule has 15 heavy (non-hydrogen) atoms. The van der Waals surface area contributed by atoms with E-state index in [0.29, 0.717) is 5.60 Å². The van der Waals surface area contributed by atoms with Crippen LogP contribution in [0.4, 0.5) is 0 Å². The van der Waals surface area contributed by atoms with E-state index in [-0.39, 0.29) is 0 Å². The van der Waals surface area contributed by atoms with Crippen molar-refractivity contribution in [3.63, 3.8) is 0 Å². The monoisotopic (exact) mass is 228 g/mol. The highest BCUT2D eigenvalue weighted by atomic mass is 35.5. The van der Waals surface area contributed by atoms with E-state index in [1.54, 1.807) is 0 Å². The molecule has 4 aliphatic carbocycles. The van der Waals surface area contributed by atoms with Gasteiger partial charge >= 0.3 is 0 Å². The molecule has 0 N–H and O–H groups in total. The lowest BCUT2D eigenvalue weighted by Crippen LogP contribution is -2.52. The zero-order chi connectivity index (χ0) is 10.3. The van der Waals surface area contributed by atoms with Crippen LogP contribution in [0.1, 0.15) is 44.9 Å². The summed E-state index contributed by atoms with van der Waals surface area (Å²) in [5, 5.41) is 0. The summed E-state index contributed by atoms with van der Waals surface area (Å²) in [5.74, 6) is 3.72. The van der Waals surface area contributed by atoms with Crippen molar-refractivity contribution in [2.75, 3.05) is 12.5 Å². The first kappa shape index (κ1) is 10.4. The molecule has 0 aliphatic heterocycles. The molecular weight excluding hydrogens is 208 g/mol. The molecule has 2 heteroatoms. The van der Waals surface area contributed by atoms with Crippen molar-refractivity contribution in [2.24, 2.45) is 17.8 Å². The number of rotatable bonds is 4. The highest BCUT2D eigenvalue weighted by Gasteiger charge is 2.51. The Bertz CT molecular complexity index is 203. The molecule has 0 amide bonds. The molecule has 4 aliphatic rings. The number of alkyl halides is 1. The summed E-state index contributed by atoms with van der Waals surface area (Å²) in [7, 11) is 0. The van der Waals surface area contributed by atoms with Gasteiger partial charge in [-0.3, -0.25) is 0 Å². The van der Waals surface area contributed by atoms with Crippen molar-refractivity contribution in [1.82, 2.24) is 0 Å². The number of hydrogen-bond donors (Lipinski definition) is 0. The molecule has 0 atom stereocenters. The van der Waals surface area contributed by atoms with Gasteiger partial charge in [0.05, 0.1) is 5.60 Å². The van der Waals surface area contributed by atoms with Crippen LogP contribution in [0.5, 0.6) is 0 Å². The summed E-state index contributed by atoms with van der Waals surface area (Å²) in [6, 6.07) is 0. The zero-order valence-corrected chi connectivity index (χ0v) is 10.1. The van der Waals surface area contributed by atoms with Gasteiger partial charge in [0.2, 0.25) is 0 Å². The second kappa shape index (κ2) is 3.92. The Morgan fingerprint density at radius 2 is 1.53 bits per heavy atom. The second-order valence-electron chi connectivity index (χ2n) is 5.99. The van der Waals surface area contributed by atoms with E-state index in [0.717, 1.165) is 36.7 Å². The topological polar surface area (TPSA) is 9.23 Å². The Balaban J connectivity index is 1.65. The van der Waals surface area contributed by atoms with Gasteiger partial charge in [-0.25, -0.2) is 0 Å². The number of halogens is 1. The first-order valence-electron chi connectivity index (χ1n) is 6.49. The summed E-state index contributed by atoms with van der Waals surface area (Å²) in [6.07, 6.45) is 9.56. The smallest absolute Gasteiger partial charge is 0.0690 e. The highest BCUT2D eigenvalue weighted by Crippen LogP contribution is 2.57. The Morgan fingerprint density at radius 1 is 1.00 bits per heavy atom. The quantitative estimate of drug-likeness (QED) is 0.528. The molecule has 0 aromatic carbocycles. The molecule has 0 spiro atoms. The van der Waals surface area contributed by atoms with Gasteiger partial charge in [0.15, 0.2) is 0 Å². The van der Waals surface area contributed by atoms with Crippen molar-refractivity contribution in [2.45, 2.75) is 50.5 Å². The summed E-state index contributed by atoms with van der Waals surface area (Å²) in [5.41, 5.74) is 0.292. The minimum atomic E-state index is 0.292. The fraction of sp³-hybridized carbons (Fsp3) is 1.00. The largest absolute Gasteiger partial charge is 0.375 e. The van der Waals surface area contributed by atoms with Crippen LogP contribution >= 0.6 is 11.6 Å². The highest BCUT2D eigenvalue weighted by molar-refractivity contribution is 6.17. The Hall–Kier alpha value is 0.250. The Labute approximate surface area is 97.5 Å². The molecule has 0 heterocycles. The van der Waals surface area contributed by atoms with E-state index in [1.807, 2.05) is 0 Å². The minimum absolute atomic E-state index is 0.292. The van der Waals surface area contributed by atoms with Crippen molar-refractivity contribution >= 4 is 11.6 Å². The van der Waals surface area contributed by atoms with Gasteiger partial charge in [-0.2, -0.15) is 0 Å². The second-order valence-corrected chi connectivity index (χ2v) is 6.37. The lowest BCUT2D eigenvalue weighted by molar-refractivity contribution is -0.162. The first-order valence-corrected chi connectivity index (χ1v) is 7.03. The summed E-state index contributed by atoms with van der Waals surface area (Å²) in [4.78, 5) is 0. The van der Waals surface area contributed by atoms with Crippen molar-refractivity contribution in [3.8, 4) is 0 Å². The van der Waals surface area contributed by atoms with Gasteiger partial charge in [0, 0.05) is 12.5 Å². The van der Waals surface area contributed by atoms with Crippen LogP contribution in [0.2, 0.25) is 0 Å². The average Bonchev–Trinajstić information content (AvgIpc) is 2.15. The molecule has 4 bridgehead atoms. The third kappa shape index (κ3) is 1.93. The molecule has 0 aromatic rings. The fourth-order valence-electron chi connectivity index (χ4n) is 4.55. The minimum Gasteiger partial charge on any atom is -0.375 e. The predicted molar refractivity (Wildman–Crippen MR) is 62.2 cm³/mol. The Morgan fingerprint density at radius 3 is 2.00 bits per heavy atom. The normalized spacial score (nSPS) is 47.4. The molecule has 0 radical (unpaired) electrons. The summed E-state index contributed by atoms with van der Waals surface area (Å²) in [6.45, 7) is 0.885. The molecule has 0 aromatic heterocycles. The van der Waals surface area contributed by atoms with E-state index in [9.17, 15) is 0 Å². The lowest BCUT2D eigenvalue weighted by atomic mass is 9.54. The van der Waals surface area contributed by atoms with E-state index in [4.69, 9.17) is 16.3 Å². The van der Waals surface area contributed by atoms with Crippen LogP contribution in [0.25, 0.3) is 0 Å². The maximum Gasteiger partial charge on any atom is 0.0690 e. The molecule has 4 fully saturated rings. The molecule has 0 unspecified atom stereocenters. The molecule has 1 nitrogen and oxygen atoms in total. The van der Waals surface area contributed by atoms with Crippen LogP contribution in [0, 0.1) is 17.8 Å². The van der Waals surface area contributed by atoms with Crippen LogP contribution in [0.3, 0.4) is 0 Å². The Kier molecular flexibility index (Phi) is 2.72. The van der Waals surface area contributed by atoms with E-state index >= 15 is 0 Å². The fourth-order valence-corrected chi connectivity index (χ4v) is 4.66. The molecule has 86 valence electrons. The van der Waals surface area contributed by atoms with Crippen molar-refractivity contribution in [3.05, 3.63) is 0 Å². The molecule has 4 rings (SSSR count). The third-order valence-corrected chi connectivity index (χ3v) is 4.94. The van der Waals surface area contributed by atoms with Crippen LogP contribution in [0.15, 0.2) is 0 Å². The predicted octanol–water partition coefficient (Wildman–Crippen LogP) is 3.60. The average molecular weight is 229 g/mol. The van der Waals surface area contributed by atoms with Crippen molar-refractivity contribution < 1.29 is 4.74 Å². The van der Waals surface area contributed by atoms with E-state index < -0.39 is 0 Å². The van der Waals surface area contributed by atoms with Crippen molar-refractivity contribution in [1.29, 1.82) is 0 Å². The first-order chi connectivity index (χ1) is 7.30. The van der Waals surface area contributed by atoms with Gasteiger partial charge in [0.25, 0.3) is 0 Å². The summed E-state index contributed by atoms with van der Waals surface area (Å²) < 4.78 is 6.20. The van der Waals surface area contributed by atoms with Gasteiger partial charge in [0.1, 0.15) is 0 Å². The van der Waals surface area contributed by atoms with E-state index in [2.05, 4.69) is 0 Å². The number of hydrogen-bond acceptors (Lipinski definition) is 1. The van der Waals surface area contributed by atoms with Gasteiger partial charge < -0.3 is 4.74 Å². The standard InChI is InChI=1S/C13H21ClO/c14-2-1-3-15-13-7-10-4-11(8-13)6-12(5-10)9-13/h10-12H,1-9H2. The molecule has 4 saturated carbocycles. The van der Waals surface area contributed by atoms with E-state index in [1.165, 1.54) is 38.5 Å². The van der Waals surface area contributed by atoms with Gasteiger partial charge in [-0.15, -0.1) is 11.6 Å². The maximum atomic E-state index is 6.20. The third-order valence-electron chi connectivity index (χ3n) is 4.67. The van der Waals surface area contributed by atoms with Crippen LogP contribution < -0.4 is 0 Å². The van der Waals surface area contributed by atoms with Crippen LogP contribution in [-0.4, -0.2) is 18.1 Å². The summed E-state index contributed by atoms with van der Waals surface area (Å²) >= 11 is 5.71. The molecular formula is C13H21ClO. The lowest BCUT2D eigenvalue weighted by Gasteiger charge is -2.56. The maximum absolute atomic E-state index is 6.20. The SMILES string of the molecule is ClCCCOC12CC3CC(CC(C3)C1)C2. The zero-order valence-electron chi connectivity index (χ0n) is 9.38. The van der Waals surface area contributed by atoms with Crippen LogP contribution in [-0.2, 0) is 4.74 Å². The van der Waals surface area contributed by atoms with Gasteiger partial charge in [-0.1, -0.05) is 0 Å². The number of ether oxygens (including phenoxy) is 1. The molecule has 0 saturated heterocycles. The van der Waals surface area contributed by atoms with Gasteiger partial charge in [-0.05, 0) is 62.7 Å².